The molecule has 6 rings (SSSR count). The average molecular weight is 614 g/mol. The Kier molecular flexibility index (Phi) is 6.15. The molecule has 0 saturated carbocycles. The van der Waals surface area contributed by atoms with E-state index in [1.165, 1.54) is 58.0 Å². The molecule has 0 aliphatic carbocycles. The van der Waals surface area contributed by atoms with Crippen molar-refractivity contribution in [3.63, 3.8) is 0 Å². The zero-order valence-electron chi connectivity index (χ0n) is 18.5. The molecule has 1 radical (unpaired) electrons. The number of para-hydroxylation sites is 2. The predicted octanol–water partition coefficient (Wildman–Crippen LogP) is 6.01. The van der Waals surface area contributed by atoms with E-state index in [0.29, 0.717) is 0 Å². The summed E-state index contributed by atoms with van der Waals surface area (Å²) >= 11 is 0. The molecule has 0 saturated heterocycles. The quantitative estimate of drug-likeness (QED) is 0.151. The Morgan fingerprint density at radius 1 is 0.970 bits per heavy atom. The summed E-state index contributed by atoms with van der Waals surface area (Å²) in [5, 5.41) is 13.5. The number of nitrogens with zero attached hydrogens (tertiary/aromatic N) is 3. The fourth-order valence-electron chi connectivity index (χ4n) is 4.45. The molecule has 169 valence electrons. The van der Waals surface area contributed by atoms with Gasteiger partial charge in [-0.1, -0.05) is 47.5 Å². The van der Waals surface area contributed by atoms with Crippen LogP contribution in [0.2, 0.25) is 0 Å². The van der Waals surface area contributed by atoms with Gasteiger partial charge in [0.15, 0.2) is 5.78 Å². The van der Waals surface area contributed by atoms with Gasteiger partial charge in [-0.15, -0.1) is 5.39 Å². The average Bonchev–Trinajstić information content (AvgIpc) is 3.43. The SMILES string of the molecule is CC(=O)/C=C(/C)O.CN1C=CN(c2[c-]cc3c4ccccc4n4c5ccccc5c2c34)[CH-]1.[Ir]. The molecule has 33 heavy (non-hydrogen) atoms. The third-order valence-corrected chi connectivity index (χ3v) is 5.59. The minimum Gasteiger partial charge on any atom is -0.512 e. The summed E-state index contributed by atoms with van der Waals surface area (Å²) < 4.78 is 2.40. The number of hydrogen-bond acceptors (Lipinski definition) is 4. The minimum absolute atomic E-state index is 0. The molecule has 5 aromatic rings. The molecule has 1 N–H and O–H groups in total. The van der Waals surface area contributed by atoms with Crippen LogP contribution in [0.5, 0.6) is 0 Å². The minimum atomic E-state index is -0.125. The van der Waals surface area contributed by atoms with Crippen LogP contribution in [0, 0.1) is 12.7 Å². The van der Waals surface area contributed by atoms with Gasteiger partial charge in [0.1, 0.15) is 0 Å². The van der Waals surface area contributed by atoms with Crippen molar-refractivity contribution in [2.45, 2.75) is 13.8 Å². The van der Waals surface area contributed by atoms with E-state index in [2.05, 4.69) is 93.9 Å². The topological polar surface area (TPSA) is 48.2 Å². The second-order valence-electron chi connectivity index (χ2n) is 8.03. The van der Waals surface area contributed by atoms with Crippen LogP contribution in [0.25, 0.3) is 38.1 Å². The maximum absolute atomic E-state index is 10.0. The van der Waals surface area contributed by atoms with Gasteiger partial charge < -0.3 is 19.3 Å². The fraction of sp³-hybridized carbons (Fsp3) is 0.111. The van der Waals surface area contributed by atoms with Crippen LogP contribution >= 0.6 is 0 Å². The van der Waals surface area contributed by atoms with E-state index in [0.717, 1.165) is 5.69 Å². The first-order chi connectivity index (χ1) is 15.5. The van der Waals surface area contributed by atoms with E-state index in [9.17, 15) is 4.79 Å². The number of carbonyl (C=O) groups is 1. The summed E-state index contributed by atoms with van der Waals surface area (Å²) in [7, 11) is 2.04. The molecule has 0 fully saturated rings. The van der Waals surface area contributed by atoms with Crippen molar-refractivity contribution in [1.82, 2.24) is 9.30 Å². The molecular formula is C27H23IrN3O2-2. The molecule has 0 spiro atoms. The molecule has 0 atom stereocenters. The van der Waals surface area contributed by atoms with Gasteiger partial charge in [-0.3, -0.25) is 4.79 Å². The van der Waals surface area contributed by atoms with Gasteiger partial charge in [-0.25, -0.2) is 0 Å². The zero-order chi connectivity index (χ0) is 22.4. The van der Waals surface area contributed by atoms with Crippen molar-refractivity contribution in [3.05, 3.63) is 91.6 Å². The zero-order valence-corrected chi connectivity index (χ0v) is 20.9. The Labute approximate surface area is 205 Å². The molecule has 6 heteroatoms. The Morgan fingerprint density at radius 2 is 1.61 bits per heavy atom. The summed E-state index contributed by atoms with van der Waals surface area (Å²) in [6, 6.07) is 23.0. The molecule has 0 unspecified atom stereocenters. The van der Waals surface area contributed by atoms with Crippen molar-refractivity contribution >= 4 is 49.6 Å². The number of anilines is 1. The number of benzene rings is 3. The Bertz CT molecular complexity index is 1530. The monoisotopic (exact) mass is 614 g/mol. The number of hydrogen-bond donors (Lipinski definition) is 1. The predicted molar refractivity (Wildman–Crippen MR) is 131 cm³/mol. The number of aliphatic hydroxyl groups excluding tert-OH is 1. The molecule has 1 aliphatic rings. The number of aliphatic hydroxyl groups is 1. The van der Waals surface area contributed by atoms with E-state index in [-0.39, 0.29) is 31.6 Å². The van der Waals surface area contributed by atoms with Crippen LogP contribution in [-0.2, 0) is 24.9 Å². The van der Waals surface area contributed by atoms with Gasteiger partial charge in [-0.2, -0.15) is 18.8 Å². The van der Waals surface area contributed by atoms with Gasteiger partial charge in [0, 0.05) is 37.2 Å². The Morgan fingerprint density at radius 3 is 2.18 bits per heavy atom. The van der Waals surface area contributed by atoms with Crippen molar-refractivity contribution in [1.29, 1.82) is 0 Å². The first kappa shape index (κ1) is 22.8. The smallest absolute Gasteiger partial charge is 0.155 e. The van der Waals surface area contributed by atoms with Gasteiger partial charge >= 0.3 is 0 Å². The standard InChI is InChI=1S/C22H15N3.C5H8O2.Ir/c1-23-12-13-24(14-23)20-11-10-16-15-6-2-4-8-18(15)25-19-9-5-3-7-17(19)21(20)22(16)25;1-4(6)3-5(2)7;/h2-10,12-14H,1H3;3,6H,1-2H3;/q-2;;/b;4-3-;. The van der Waals surface area contributed by atoms with Crippen LogP contribution in [0.1, 0.15) is 13.8 Å². The summed E-state index contributed by atoms with van der Waals surface area (Å²) in [6.45, 7) is 4.93. The van der Waals surface area contributed by atoms with Crippen molar-refractivity contribution in [2.75, 3.05) is 11.9 Å². The third kappa shape index (κ3) is 3.86. The summed E-state index contributed by atoms with van der Waals surface area (Å²) in [6.07, 6.45) is 5.31. The van der Waals surface area contributed by atoms with Crippen molar-refractivity contribution in [2.24, 2.45) is 0 Å². The van der Waals surface area contributed by atoms with E-state index in [1.807, 2.05) is 7.05 Å². The number of allylic oxidation sites excluding steroid dienone is 2. The fourth-order valence-corrected chi connectivity index (χ4v) is 4.45. The number of aromatic nitrogens is 1. The first-order valence-corrected chi connectivity index (χ1v) is 10.4. The molecular weight excluding hydrogens is 591 g/mol. The summed E-state index contributed by atoms with van der Waals surface area (Å²) in [4.78, 5) is 14.2. The summed E-state index contributed by atoms with van der Waals surface area (Å²) in [5.74, 6) is -0.0625. The maximum atomic E-state index is 10.0. The number of rotatable bonds is 2. The number of ketones is 1. The van der Waals surface area contributed by atoms with Gasteiger partial charge in [0.05, 0.1) is 5.76 Å². The van der Waals surface area contributed by atoms with Gasteiger partial charge in [0.25, 0.3) is 0 Å². The second-order valence-corrected chi connectivity index (χ2v) is 8.03. The Hall–Kier alpha value is -3.34. The van der Waals surface area contributed by atoms with Crippen molar-refractivity contribution < 1.29 is 30.0 Å². The first-order valence-electron chi connectivity index (χ1n) is 10.4. The normalized spacial score (nSPS) is 13.7. The third-order valence-electron chi connectivity index (χ3n) is 5.59. The Balaban J connectivity index is 0.000000287. The van der Waals surface area contributed by atoms with E-state index >= 15 is 0 Å². The number of fused-ring (bicyclic) bond motifs is 6. The van der Waals surface area contributed by atoms with E-state index in [1.54, 1.807) is 0 Å². The van der Waals surface area contributed by atoms with E-state index in [4.69, 9.17) is 5.11 Å². The van der Waals surface area contributed by atoms with Gasteiger partial charge in [-0.05, 0) is 61.7 Å². The maximum Gasteiger partial charge on any atom is 0.155 e. The van der Waals surface area contributed by atoms with Crippen LogP contribution in [0.3, 0.4) is 0 Å². The number of carbonyl (C=O) groups excluding carboxylic acids is 1. The molecule has 5 nitrogen and oxygen atoms in total. The van der Waals surface area contributed by atoms with Crippen LogP contribution < -0.4 is 4.90 Å². The van der Waals surface area contributed by atoms with Crippen LogP contribution in [0.4, 0.5) is 5.69 Å². The second kappa shape index (κ2) is 8.89. The molecule has 0 bridgehead atoms. The molecule has 0 amide bonds. The molecule has 3 aromatic carbocycles. The van der Waals surface area contributed by atoms with E-state index < -0.39 is 0 Å². The molecule has 2 aromatic heterocycles. The van der Waals surface area contributed by atoms with Crippen LogP contribution in [-0.4, -0.2) is 27.2 Å². The molecule has 1 aliphatic heterocycles. The molecule has 3 heterocycles. The summed E-state index contributed by atoms with van der Waals surface area (Å²) in [5.41, 5.74) is 4.89. The van der Waals surface area contributed by atoms with Crippen molar-refractivity contribution in [3.8, 4) is 0 Å². The largest absolute Gasteiger partial charge is 0.512 e. The van der Waals surface area contributed by atoms with Gasteiger partial charge in [0.2, 0.25) is 0 Å². The van der Waals surface area contributed by atoms with Crippen LogP contribution in [0.15, 0.2) is 78.8 Å².